The van der Waals surface area contributed by atoms with Gasteiger partial charge in [-0.05, 0) is 81.1 Å². The van der Waals surface area contributed by atoms with E-state index in [4.69, 9.17) is 4.74 Å². The van der Waals surface area contributed by atoms with Crippen LogP contribution in [0.5, 0.6) is 0 Å². The number of carbonyl (C=O) groups excluding carboxylic acids is 3. The van der Waals surface area contributed by atoms with Crippen LogP contribution >= 0.6 is 0 Å². The van der Waals surface area contributed by atoms with E-state index in [2.05, 4.69) is 16.7 Å². The van der Waals surface area contributed by atoms with Gasteiger partial charge < -0.3 is 15.4 Å². The minimum Gasteiger partial charge on any atom is -0.462 e. The van der Waals surface area contributed by atoms with E-state index < -0.39 is 17.8 Å². The molecular formula is C22H26N2O4. The summed E-state index contributed by atoms with van der Waals surface area (Å²) in [6, 6.07) is 9.96. The number of ether oxygens (including phenoxy) is 1. The van der Waals surface area contributed by atoms with E-state index in [-0.39, 0.29) is 12.6 Å². The molecule has 6 nitrogen and oxygen atoms in total. The second kappa shape index (κ2) is 9.17. The van der Waals surface area contributed by atoms with E-state index >= 15 is 0 Å². The zero-order chi connectivity index (χ0) is 20.8. The molecule has 6 heteroatoms. The SMILES string of the molecule is CCOC(=O)c1ccc(NC(=O)C(=O)N[C@H](C)c2cc(C)c(C)cc2C)cc1. The Labute approximate surface area is 165 Å². The van der Waals surface area contributed by atoms with Crippen LogP contribution in [0.15, 0.2) is 36.4 Å². The summed E-state index contributed by atoms with van der Waals surface area (Å²) in [5.74, 6) is -1.92. The van der Waals surface area contributed by atoms with E-state index in [9.17, 15) is 14.4 Å². The first-order valence-corrected chi connectivity index (χ1v) is 9.19. The van der Waals surface area contributed by atoms with Gasteiger partial charge in [-0.25, -0.2) is 4.79 Å². The molecular weight excluding hydrogens is 356 g/mol. The third-order valence-electron chi connectivity index (χ3n) is 4.56. The third-order valence-corrected chi connectivity index (χ3v) is 4.56. The lowest BCUT2D eigenvalue weighted by Crippen LogP contribution is -2.37. The molecule has 0 aromatic heterocycles. The van der Waals surface area contributed by atoms with Gasteiger partial charge >= 0.3 is 17.8 Å². The number of hydrogen-bond acceptors (Lipinski definition) is 4. The van der Waals surface area contributed by atoms with E-state index in [0.29, 0.717) is 11.3 Å². The third kappa shape index (κ3) is 5.19. The summed E-state index contributed by atoms with van der Waals surface area (Å²) in [5.41, 5.74) is 5.15. The van der Waals surface area contributed by atoms with Crippen molar-refractivity contribution in [1.82, 2.24) is 5.32 Å². The topological polar surface area (TPSA) is 84.5 Å². The summed E-state index contributed by atoms with van der Waals surface area (Å²) >= 11 is 0. The number of carbonyl (C=O) groups is 3. The van der Waals surface area contributed by atoms with Crippen LogP contribution in [0.2, 0.25) is 0 Å². The van der Waals surface area contributed by atoms with Crippen molar-refractivity contribution < 1.29 is 19.1 Å². The van der Waals surface area contributed by atoms with Gasteiger partial charge in [0.05, 0.1) is 18.2 Å². The Morgan fingerprint density at radius 2 is 1.54 bits per heavy atom. The molecule has 0 bridgehead atoms. The highest BCUT2D eigenvalue weighted by Gasteiger charge is 2.19. The van der Waals surface area contributed by atoms with E-state index in [1.165, 1.54) is 17.7 Å². The summed E-state index contributed by atoms with van der Waals surface area (Å²) in [5, 5.41) is 5.25. The van der Waals surface area contributed by atoms with Crippen LogP contribution < -0.4 is 10.6 Å². The summed E-state index contributed by atoms with van der Waals surface area (Å²) in [7, 11) is 0. The second-order valence-corrected chi connectivity index (χ2v) is 6.74. The molecule has 0 unspecified atom stereocenters. The first-order valence-electron chi connectivity index (χ1n) is 9.19. The number of amides is 2. The Kier molecular flexibility index (Phi) is 6.93. The van der Waals surface area contributed by atoms with Crippen molar-refractivity contribution >= 4 is 23.5 Å². The molecule has 1 atom stereocenters. The maximum Gasteiger partial charge on any atom is 0.338 e. The Balaban J connectivity index is 2.00. The summed E-state index contributed by atoms with van der Waals surface area (Å²) < 4.78 is 4.91. The van der Waals surface area contributed by atoms with Gasteiger partial charge in [-0.3, -0.25) is 9.59 Å². The highest BCUT2D eigenvalue weighted by atomic mass is 16.5. The van der Waals surface area contributed by atoms with Crippen molar-refractivity contribution in [3.05, 3.63) is 64.2 Å². The average Bonchev–Trinajstić information content (AvgIpc) is 2.65. The van der Waals surface area contributed by atoms with Crippen LogP contribution in [0.1, 0.15) is 52.5 Å². The Hall–Kier alpha value is -3.15. The quantitative estimate of drug-likeness (QED) is 0.611. The van der Waals surface area contributed by atoms with E-state index in [0.717, 1.165) is 16.7 Å². The normalized spacial score (nSPS) is 11.5. The molecule has 0 aliphatic heterocycles. The summed E-state index contributed by atoms with van der Waals surface area (Å²) in [4.78, 5) is 36.1. The zero-order valence-corrected chi connectivity index (χ0v) is 16.9. The largest absolute Gasteiger partial charge is 0.462 e. The smallest absolute Gasteiger partial charge is 0.338 e. The fourth-order valence-electron chi connectivity index (χ4n) is 2.88. The number of anilines is 1. The summed E-state index contributed by atoms with van der Waals surface area (Å²) in [6.45, 7) is 9.89. The monoisotopic (exact) mass is 382 g/mol. The van der Waals surface area contributed by atoms with Gasteiger partial charge in [0.2, 0.25) is 0 Å². The Morgan fingerprint density at radius 3 is 2.14 bits per heavy atom. The molecule has 0 fully saturated rings. The molecule has 0 saturated heterocycles. The van der Waals surface area contributed by atoms with Crippen LogP contribution in [-0.2, 0) is 14.3 Å². The number of nitrogens with one attached hydrogen (secondary N) is 2. The first kappa shape index (κ1) is 21.2. The maximum absolute atomic E-state index is 12.3. The number of esters is 1. The molecule has 2 N–H and O–H groups in total. The fourth-order valence-corrected chi connectivity index (χ4v) is 2.88. The molecule has 148 valence electrons. The Bertz CT molecular complexity index is 888. The van der Waals surface area contributed by atoms with E-state index in [1.54, 1.807) is 19.1 Å². The molecule has 0 heterocycles. The van der Waals surface area contributed by atoms with Gasteiger partial charge in [-0.1, -0.05) is 12.1 Å². The molecule has 2 aromatic carbocycles. The molecule has 0 aliphatic rings. The van der Waals surface area contributed by atoms with Gasteiger partial charge in [-0.15, -0.1) is 0 Å². The van der Waals surface area contributed by atoms with Crippen LogP contribution in [-0.4, -0.2) is 24.4 Å². The standard InChI is InChI=1S/C22H26N2O4/c1-6-28-22(27)17-7-9-18(10-8-17)24-21(26)20(25)23-16(5)19-12-14(3)13(2)11-15(19)4/h7-12,16H,6H2,1-5H3,(H,23,25)(H,24,26)/t16-/m1/s1. The predicted molar refractivity (Wildman–Crippen MR) is 108 cm³/mol. The van der Waals surface area contributed by atoms with Crippen molar-refractivity contribution in [3.8, 4) is 0 Å². The van der Waals surface area contributed by atoms with Crippen LogP contribution in [0.25, 0.3) is 0 Å². The number of benzene rings is 2. The van der Waals surface area contributed by atoms with Crippen LogP contribution in [0, 0.1) is 20.8 Å². The van der Waals surface area contributed by atoms with Gasteiger partial charge in [-0.2, -0.15) is 0 Å². The van der Waals surface area contributed by atoms with Crippen molar-refractivity contribution in [1.29, 1.82) is 0 Å². The Morgan fingerprint density at radius 1 is 0.929 bits per heavy atom. The molecule has 0 aliphatic carbocycles. The molecule has 28 heavy (non-hydrogen) atoms. The zero-order valence-electron chi connectivity index (χ0n) is 16.9. The molecule has 0 spiro atoms. The molecule has 2 rings (SSSR count). The molecule has 0 saturated carbocycles. The first-order chi connectivity index (χ1) is 13.2. The molecule has 0 radical (unpaired) electrons. The predicted octanol–water partition coefficient (Wildman–Crippen LogP) is 3.60. The highest BCUT2D eigenvalue weighted by Crippen LogP contribution is 2.21. The number of aryl methyl sites for hydroxylation is 3. The van der Waals surface area contributed by atoms with Gasteiger partial charge in [0.1, 0.15) is 0 Å². The number of hydrogen-bond donors (Lipinski definition) is 2. The number of rotatable bonds is 5. The maximum atomic E-state index is 12.3. The molecule has 2 aromatic rings. The summed E-state index contributed by atoms with van der Waals surface area (Å²) in [6.07, 6.45) is 0. The lowest BCUT2D eigenvalue weighted by atomic mass is 9.96. The van der Waals surface area contributed by atoms with Crippen molar-refractivity contribution in [2.24, 2.45) is 0 Å². The minimum absolute atomic E-state index is 0.287. The second-order valence-electron chi connectivity index (χ2n) is 6.74. The van der Waals surface area contributed by atoms with Crippen molar-refractivity contribution in [2.45, 2.75) is 40.7 Å². The van der Waals surface area contributed by atoms with Crippen LogP contribution in [0.4, 0.5) is 5.69 Å². The lowest BCUT2D eigenvalue weighted by molar-refractivity contribution is -0.136. The van der Waals surface area contributed by atoms with E-state index in [1.807, 2.05) is 33.8 Å². The highest BCUT2D eigenvalue weighted by molar-refractivity contribution is 6.39. The average molecular weight is 382 g/mol. The minimum atomic E-state index is -0.766. The van der Waals surface area contributed by atoms with Crippen LogP contribution in [0.3, 0.4) is 0 Å². The fraction of sp³-hybridized carbons (Fsp3) is 0.318. The van der Waals surface area contributed by atoms with Crippen molar-refractivity contribution in [2.75, 3.05) is 11.9 Å². The van der Waals surface area contributed by atoms with Crippen molar-refractivity contribution in [3.63, 3.8) is 0 Å². The van der Waals surface area contributed by atoms with Gasteiger partial charge in [0, 0.05) is 5.69 Å². The lowest BCUT2D eigenvalue weighted by Gasteiger charge is -2.18. The molecule has 2 amide bonds. The van der Waals surface area contributed by atoms with Gasteiger partial charge in [0.25, 0.3) is 0 Å². The van der Waals surface area contributed by atoms with Gasteiger partial charge in [0.15, 0.2) is 0 Å².